The van der Waals surface area contributed by atoms with Crippen LogP contribution in [0.25, 0.3) is 0 Å². The monoisotopic (exact) mass is 278 g/mol. The number of benzene rings is 1. The third kappa shape index (κ3) is 4.35. The summed E-state index contributed by atoms with van der Waals surface area (Å²) in [5, 5.41) is 9.10. The number of rotatable bonds is 7. The summed E-state index contributed by atoms with van der Waals surface area (Å²) in [5.74, 6) is -0.992. The molecule has 20 heavy (non-hydrogen) atoms. The van der Waals surface area contributed by atoms with Gasteiger partial charge < -0.3 is 15.7 Å². The molecule has 5 nitrogen and oxygen atoms in total. The molecule has 0 spiro atoms. The second-order valence-corrected chi connectivity index (χ2v) is 4.95. The fraction of sp³-hybridized carbons (Fsp3) is 0.467. The highest BCUT2D eigenvalue weighted by atomic mass is 16.4. The number of nitrogens with zero attached hydrogens (tertiary/aromatic N) is 1. The molecule has 1 aromatic rings. The van der Waals surface area contributed by atoms with E-state index in [1.54, 1.807) is 36.2 Å². The van der Waals surface area contributed by atoms with Gasteiger partial charge in [-0.25, -0.2) is 4.79 Å². The highest BCUT2D eigenvalue weighted by Crippen LogP contribution is 2.11. The molecule has 0 heterocycles. The molecule has 0 aliphatic rings. The first-order valence-electron chi connectivity index (χ1n) is 6.73. The van der Waals surface area contributed by atoms with Crippen molar-refractivity contribution in [2.75, 3.05) is 20.1 Å². The van der Waals surface area contributed by atoms with Crippen LogP contribution in [0.2, 0.25) is 0 Å². The Labute approximate surface area is 119 Å². The maximum atomic E-state index is 12.0. The molecular formula is C15H22N2O3. The number of hydrogen-bond acceptors (Lipinski definition) is 3. The van der Waals surface area contributed by atoms with Crippen molar-refractivity contribution in [3.05, 3.63) is 35.4 Å². The summed E-state index contributed by atoms with van der Waals surface area (Å²) in [5.41, 5.74) is 6.49. The van der Waals surface area contributed by atoms with E-state index < -0.39 is 5.97 Å². The Morgan fingerprint density at radius 3 is 2.60 bits per heavy atom. The van der Waals surface area contributed by atoms with Gasteiger partial charge in [-0.15, -0.1) is 0 Å². The number of nitrogens with two attached hydrogens (primary N) is 1. The van der Waals surface area contributed by atoms with Crippen molar-refractivity contribution in [2.45, 2.75) is 19.8 Å². The molecule has 1 rings (SSSR count). The third-order valence-electron chi connectivity index (χ3n) is 3.36. The van der Waals surface area contributed by atoms with E-state index in [1.807, 2.05) is 6.92 Å². The van der Waals surface area contributed by atoms with Crippen LogP contribution in [0.15, 0.2) is 24.3 Å². The van der Waals surface area contributed by atoms with Crippen molar-refractivity contribution in [3.8, 4) is 0 Å². The van der Waals surface area contributed by atoms with Gasteiger partial charge in [0.25, 0.3) is 0 Å². The lowest BCUT2D eigenvalue weighted by Gasteiger charge is -2.21. The number of carbonyl (C=O) groups excluding carboxylic acids is 1. The maximum absolute atomic E-state index is 12.0. The second-order valence-electron chi connectivity index (χ2n) is 4.95. The molecule has 0 fully saturated rings. The van der Waals surface area contributed by atoms with Gasteiger partial charge in [-0.2, -0.15) is 0 Å². The molecule has 1 unspecified atom stereocenters. The van der Waals surface area contributed by atoms with Crippen LogP contribution in [-0.4, -0.2) is 42.0 Å². The van der Waals surface area contributed by atoms with E-state index in [2.05, 4.69) is 0 Å². The molecule has 1 atom stereocenters. The lowest BCUT2D eigenvalue weighted by Crippen LogP contribution is -2.34. The number of likely N-dealkylation sites (N-methyl/N-ethyl adjacent to an activating group) is 1. The normalized spacial score (nSPS) is 11.9. The van der Waals surface area contributed by atoms with E-state index in [0.717, 1.165) is 5.56 Å². The number of carboxylic acid groups (broad SMARTS) is 1. The number of carboxylic acids is 1. The van der Waals surface area contributed by atoms with Crippen LogP contribution in [0.5, 0.6) is 0 Å². The quantitative estimate of drug-likeness (QED) is 0.789. The Hall–Kier alpha value is -1.88. The molecule has 0 saturated heterocycles. The molecule has 0 radical (unpaired) electrons. The lowest BCUT2D eigenvalue weighted by molar-refractivity contribution is -0.133. The minimum Gasteiger partial charge on any atom is -0.478 e. The zero-order chi connectivity index (χ0) is 15.1. The molecule has 0 aliphatic carbocycles. The van der Waals surface area contributed by atoms with Gasteiger partial charge in [0, 0.05) is 19.5 Å². The molecule has 0 aromatic heterocycles. The van der Waals surface area contributed by atoms with Crippen LogP contribution in [0, 0.1) is 5.92 Å². The van der Waals surface area contributed by atoms with E-state index in [9.17, 15) is 9.59 Å². The molecular weight excluding hydrogens is 256 g/mol. The van der Waals surface area contributed by atoms with Gasteiger partial charge in [0.2, 0.25) is 5.91 Å². The third-order valence-corrected chi connectivity index (χ3v) is 3.36. The van der Waals surface area contributed by atoms with Gasteiger partial charge in [0.1, 0.15) is 0 Å². The van der Waals surface area contributed by atoms with E-state index in [1.165, 1.54) is 0 Å². The molecule has 3 N–H and O–H groups in total. The van der Waals surface area contributed by atoms with E-state index >= 15 is 0 Å². The summed E-state index contributed by atoms with van der Waals surface area (Å²) in [6.07, 6.45) is 1.19. The van der Waals surface area contributed by atoms with E-state index in [-0.39, 0.29) is 11.8 Å². The Kier molecular flexibility index (Phi) is 6.18. The smallest absolute Gasteiger partial charge is 0.335 e. The van der Waals surface area contributed by atoms with E-state index in [0.29, 0.717) is 31.5 Å². The molecule has 1 amide bonds. The molecule has 110 valence electrons. The van der Waals surface area contributed by atoms with Gasteiger partial charge in [0.15, 0.2) is 0 Å². The summed E-state index contributed by atoms with van der Waals surface area (Å²) in [7, 11) is 1.73. The lowest BCUT2D eigenvalue weighted by atomic mass is 10.0. The molecule has 1 aromatic carbocycles. The minimum absolute atomic E-state index is 0.0447. The van der Waals surface area contributed by atoms with Crippen molar-refractivity contribution in [1.29, 1.82) is 0 Å². The predicted octanol–water partition coefficient (Wildman–Crippen LogP) is 1.37. The van der Waals surface area contributed by atoms with Crippen LogP contribution >= 0.6 is 0 Å². The molecule has 5 heteroatoms. The second kappa shape index (κ2) is 7.65. The van der Waals surface area contributed by atoms with Gasteiger partial charge in [-0.1, -0.05) is 25.1 Å². The zero-order valence-electron chi connectivity index (χ0n) is 12.0. The van der Waals surface area contributed by atoms with Crippen LogP contribution in [0.1, 0.15) is 29.3 Å². The number of amides is 1. The summed E-state index contributed by atoms with van der Waals surface area (Å²) in [6, 6.07) is 6.87. The number of carbonyl (C=O) groups is 2. The first-order chi connectivity index (χ1) is 9.47. The standard InChI is InChI=1S/C15H22N2O3/c1-11(7-9-16)14(18)17(2)10-8-12-5-3-4-6-13(12)15(19)20/h3-6,11H,7-10,16H2,1-2H3,(H,19,20). The number of aromatic carboxylic acids is 1. The van der Waals surface area contributed by atoms with Crippen molar-refractivity contribution >= 4 is 11.9 Å². The van der Waals surface area contributed by atoms with Crippen LogP contribution < -0.4 is 5.73 Å². The topological polar surface area (TPSA) is 83.6 Å². The van der Waals surface area contributed by atoms with Crippen molar-refractivity contribution in [2.24, 2.45) is 11.7 Å². The average Bonchev–Trinajstić information content (AvgIpc) is 2.44. The number of hydrogen-bond donors (Lipinski definition) is 2. The predicted molar refractivity (Wildman–Crippen MR) is 77.6 cm³/mol. The minimum atomic E-state index is -0.939. The Morgan fingerprint density at radius 2 is 2.00 bits per heavy atom. The highest BCUT2D eigenvalue weighted by molar-refractivity contribution is 5.89. The SMILES string of the molecule is CC(CCN)C(=O)N(C)CCc1ccccc1C(=O)O. The summed E-state index contributed by atoms with van der Waals surface area (Å²) < 4.78 is 0. The average molecular weight is 278 g/mol. The maximum Gasteiger partial charge on any atom is 0.335 e. The van der Waals surface area contributed by atoms with Gasteiger partial charge in [-0.05, 0) is 31.0 Å². The largest absolute Gasteiger partial charge is 0.478 e. The van der Waals surface area contributed by atoms with Gasteiger partial charge >= 0.3 is 5.97 Å². The Morgan fingerprint density at radius 1 is 1.35 bits per heavy atom. The molecule has 0 bridgehead atoms. The van der Waals surface area contributed by atoms with Crippen molar-refractivity contribution in [3.63, 3.8) is 0 Å². The fourth-order valence-electron chi connectivity index (χ4n) is 2.09. The first kappa shape index (κ1) is 16.2. The summed E-state index contributed by atoms with van der Waals surface area (Å²) >= 11 is 0. The fourth-order valence-corrected chi connectivity index (χ4v) is 2.09. The van der Waals surface area contributed by atoms with Crippen LogP contribution in [0.3, 0.4) is 0 Å². The van der Waals surface area contributed by atoms with Crippen LogP contribution in [-0.2, 0) is 11.2 Å². The molecule has 0 aliphatic heterocycles. The Balaban J connectivity index is 2.63. The van der Waals surface area contributed by atoms with Crippen molar-refractivity contribution in [1.82, 2.24) is 4.90 Å². The van der Waals surface area contributed by atoms with Crippen molar-refractivity contribution < 1.29 is 14.7 Å². The Bertz CT molecular complexity index is 474. The molecule has 0 saturated carbocycles. The van der Waals surface area contributed by atoms with Crippen LogP contribution in [0.4, 0.5) is 0 Å². The summed E-state index contributed by atoms with van der Waals surface area (Å²) in [6.45, 7) is 2.84. The zero-order valence-corrected chi connectivity index (χ0v) is 12.0. The highest BCUT2D eigenvalue weighted by Gasteiger charge is 2.17. The summed E-state index contributed by atoms with van der Waals surface area (Å²) in [4.78, 5) is 24.8. The van der Waals surface area contributed by atoms with Gasteiger partial charge in [0.05, 0.1) is 5.56 Å². The van der Waals surface area contributed by atoms with Gasteiger partial charge in [-0.3, -0.25) is 4.79 Å². The first-order valence-corrected chi connectivity index (χ1v) is 6.73. The van der Waals surface area contributed by atoms with E-state index in [4.69, 9.17) is 10.8 Å².